The van der Waals surface area contributed by atoms with Gasteiger partial charge in [0.25, 0.3) is 0 Å². The van der Waals surface area contributed by atoms with Crippen LogP contribution in [0.25, 0.3) is 0 Å². The van der Waals surface area contributed by atoms with Crippen LogP contribution in [-0.4, -0.2) is 31.6 Å². The summed E-state index contributed by atoms with van der Waals surface area (Å²) in [5.74, 6) is -0.933. The molecule has 0 saturated heterocycles. The van der Waals surface area contributed by atoms with Gasteiger partial charge < -0.3 is 10.2 Å². The number of hydrogen-bond donors (Lipinski definition) is 3. The standard InChI is InChI=1S/C6H9N3O3/c10-5(1-2-6(11)12)4-3-7-9-8-4/h3,5,10H,1-2H2,(H,11,12)(H,7,8,9). The van der Waals surface area contributed by atoms with Gasteiger partial charge in [0.15, 0.2) is 0 Å². The largest absolute Gasteiger partial charge is 0.481 e. The lowest BCUT2D eigenvalue weighted by atomic mass is 10.1. The van der Waals surface area contributed by atoms with Crippen LogP contribution >= 0.6 is 0 Å². The van der Waals surface area contributed by atoms with Crippen LogP contribution in [-0.2, 0) is 4.79 Å². The Morgan fingerprint density at radius 1 is 1.75 bits per heavy atom. The van der Waals surface area contributed by atoms with Crippen molar-refractivity contribution in [3.05, 3.63) is 11.9 Å². The second-order valence-electron chi connectivity index (χ2n) is 2.34. The van der Waals surface area contributed by atoms with Crippen LogP contribution in [0.15, 0.2) is 6.20 Å². The second-order valence-corrected chi connectivity index (χ2v) is 2.34. The third kappa shape index (κ3) is 2.31. The molecule has 1 atom stereocenters. The Hall–Kier alpha value is -1.43. The van der Waals surface area contributed by atoms with Crippen LogP contribution in [0.4, 0.5) is 0 Å². The van der Waals surface area contributed by atoms with E-state index in [0.717, 1.165) is 0 Å². The number of aliphatic hydroxyl groups excluding tert-OH is 1. The van der Waals surface area contributed by atoms with Gasteiger partial charge in [0, 0.05) is 6.42 Å². The first-order chi connectivity index (χ1) is 5.70. The van der Waals surface area contributed by atoms with Crippen molar-refractivity contribution in [1.82, 2.24) is 15.4 Å². The predicted molar refractivity (Wildman–Crippen MR) is 38.2 cm³/mol. The van der Waals surface area contributed by atoms with Gasteiger partial charge >= 0.3 is 5.97 Å². The Labute approximate surface area is 68.2 Å². The topological polar surface area (TPSA) is 99.1 Å². The van der Waals surface area contributed by atoms with Gasteiger partial charge in [-0.2, -0.15) is 15.4 Å². The van der Waals surface area contributed by atoms with E-state index in [2.05, 4.69) is 15.4 Å². The highest BCUT2D eigenvalue weighted by Gasteiger charge is 2.11. The first kappa shape index (κ1) is 8.66. The zero-order valence-electron chi connectivity index (χ0n) is 6.27. The highest BCUT2D eigenvalue weighted by molar-refractivity contribution is 5.66. The van der Waals surface area contributed by atoms with Crippen LogP contribution < -0.4 is 0 Å². The molecule has 0 radical (unpaired) electrons. The number of aromatic amines is 1. The zero-order chi connectivity index (χ0) is 8.97. The van der Waals surface area contributed by atoms with Crippen molar-refractivity contribution >= 4 is 5.97 Å². The minimum absolute atomic E-state index is 0.0754. The maximum absolute atomic E-state index is 10.1. The summed E-state index contributed by atoms with van der Waals surface area (Å²) in [5.41, 5.74) is 0.372. The van der Waals surface area contributed by atoms with E-state index in [4.69, 9.17) is 5.11 Å². The minimum Gasteiger partial charge on any atom is -0.481 e. The summed E-state index contributed by atoms with van der Waals surface area (Å²) in [6, 6.07) is 0. The number of carboxylic acid groups (broad SMARTS) is 1. The van der Waals surface area contributed by atoms with Crippen LogP contribution in [0, 0.1) is 0 Å². The van der Waals surface area contributed by atoms with E-state index in [1.54, 1.807) is 0 Å². The van der Waals surface area contributed by atoms with E-state index in [9.17, 15) is 9.90 Å². The number of rotatable bonds is 4. The average Bonchev–Trinajstić information content (AvgIpc) is 2.51. The molecule has 66 valence electrons. The van der Waals surface area contributed by atoms with Crippen molar-refractivity contribution in [3.8, 4) is 0 Å². The third-order valence-electron chi connectivity index (χ3n) is 1.41. The fourth-order valence-electron chi connectivity index (χ4n) is 0.779. The van der Waals surface area contributed by atoms with Crippen molar-refractivity contribution in [2.45, 2.75) is 18.9 Å². The first-order valence-electron chi connectivity index (χ1n) is 3.45. The number of H-pyrrole nitrogens is 1. The molecule has 0 amide bonds. The van der Waals surface area contributed by atoms with E-state index in [-0.39, 0.29) is 12.8 Å². The number of nitrogens with one attached hydrogen (secondary N) is 1. The summed E-state index contributed by atoms with van der Waals surface area (Å²) in [7, 11) is 0. The van der Waals surface area contributed by atoms with Gasteiger partial charge in [0.05, 0.1) is 12.3 Å². The maximum Gasteiger partial charge on any atom is 0.303 e. The molecule has 1 unspecified atom stereocenters. The molecule has 0 bridgehead atoms. The predicted octanol–water partition coefficient (Wildman–Crippen LogP) is -0.297. The van der Waals surface area contributed by atoms with Crippen LogP contribution in [0.1, 0.15) is 24.6 Å². The summed E-state index contributed by atoms with van der Waals surface area (Å²) < 4.78 is 0. The Kier molecular flexibility index (Phi) is 2.76. The van der Waals surface area contributed by atoms with Crippen LogP contribution in [0.3, 0.4) is 0 Å². The Bertz CT molecular complexity index is 247. The van der Waals surface area contributed by atoms with Gasteiger partial charge in [-0.25, -0.2) is 0 Å². The molecule has 0 aromatic carbocycles. The van der Waals surface area contributed by atoms with Crippen molar-refractivity contribution in [2.24, 2.45) is 0 Å². The van der Waals surface area contributed by atoms with Crippen molar-refractivity contribution in [2.75, 3.05) is 0 Å². The molecule has 0 fully saturated rings. The highest BCUT2D eigenvalue weighted by Crippen LogP contribution is 2.13. The number of hydrogen-bond acceptors (Lipinski definition) is 4. The zero-order valence-corrected chi connectivity index (χ0v) is 6.27. The van der Waals surface area contributed by atoms with Crippen molar-refractivity contribution in [3.63, 3.8) is 0 Å². The molecule has 6 nitrogen and oxygen atoms in total. The number of nitrogens with zero attached hydrogens (tertiary/aromatic N) is 2. The highest BCUT2D eigenvalue weighted by atomic mass is 16.4. The van der Waals surface area contributed by atoms with Crippen molar-refractivity contribution in [1.29, 1.82) is 0 Å². The van der Waals surface area contributed by atoms with Gasteiger partial charge in [0.1, 0.15) is 5.69 Å². The molecule has 0 saturated carbocycles. The molecule has 0 aliphatic carbocycles. The molecule has 0 spiro atoms. The number of aromatic nitrogens is 3. The minimum atomic E-state index is -0.933. The second kappa shape index (κ2) is 3.82. The smallest absolute Gasteiger partial charge is 0.303 e. The summed E-state index contributed by atoms with van der Waals surface area (Å²) in [6.45, 7) is 0. The molecular weight excluding hydrogens is 162 g/mol. The third-order valence-corrected chi connectivity index (χ3v) is 1.41. The lowest BCUT2D eigenvalue weighted by Gasteiger charge is -2.02. The first-order valence-corrected chi connectivity index (χ1v) is 3.45. The van der Waals surface area contributed by atoms with Crippen molar-refractivity contribution < 1.29 is 15.0 Å². The van der Waals surface area contributed by atoms with Gasteiger partial charge in [-0.1, -0.05) is 0 Å². The van der Waals surface area contributed by atoms with Crippen LogP contribution in [0.5, 0.6) is 0 Å². The fourth-order valence-corrected chi connectivity index (χ4v) is 0.779. The summed E-state index contributed by atoms with van der Waals surface area (Å²) in [5, 5.41) is 27.0. The monoisotopic (exact) mass is 171 g/mol. The molecule has 1 rings (SSSR count). The molecule has 0 aliphatic heterocycles. The van der Waals surface area contributed by atoms with Gasteiger partial charge in [-0.05, 0) is 6.42 Å². The lowest BCUT2D eigenvalue weighted by Crippen LogP contribution is -2.02. The van der Waals surface area contributed by atoms with E-state index >= 15 is 0 Å². The average molecular weight is 171 g/mol. The Balaban J connectivity index is 2.39. The van der Waals surface area contributed by atoms with Crippen LogP contribution in [0.2, 0.25) is 0 Å². The molecular formula is C6H9N3O3. The number of carbonyl (C=O) groups is 1. The van der Waals surface area contributed by atoms with Gasteiger partial charge in [-0.15, -0.1) is 0 Å². The quantitative estimate of drug-likeness (QED) is 0.577. The molecule has 12 heavy (non-hydrogen) atoms. The molecule has 3 N–H and O–H groups in total. The molecule has 0 aliphatic rings. The SMILES string of the molecule is O=C(O)CCC(O)c1cn[nH]n1. The van der Waals surface area contributed by atoms with E-state index < -0.39 is 12.1 Å². The Morgan fingerprint density at radius 2 is 2.50 bits per heavy atom. The number of carboxylic acids is 1. The lowest BCUT2D eigenvalue weighted by molar-refractivity contribution is -0.137. The molecule has 1 aromatic heterocycles. The van der Waals surface area contributed by atoms with E-state index in [1.807, 2.05) is 0 Å². The number of aliphatic hydroxyl groups is 1. The van der Waals surface area contributed by atoms with E-state index in [1.165, 1.54) is 6.20 Å². The summed E-state index contributed by atoms with van der Waals surface area (Å²) in [4.78, 5) is 10.1. The summed E-state index contributed by atoms with van der Waals surface area (Å²) in [6.07, 6.45) is 0.599. The Morgan fingerprint density at radius 3 is 3.00 bits per heavy atom. The molecule has 1 aromatic rings. The van der Waals surface area contributed by atoms with Gasteiger partial charge in [0.2, 0.25) is 0 Å². The normalized spacial score (nSPS) is 12.8. The maximum atomic E-state index is 10.1. The van der Waals surface area contributed by atoms with Gasteiger partial charge in [-0.3, -0.25) is 4.79 Å². The van der Waals surface area contributed by atoms with E-state index in [0.29, 0.717) is 5.69 Å². The summed E-state index contributed by atoms with van der Waals surface area (Å²) >= 11 is 0. The molecule has 1 heterocycles. The fraction of sp³-hybridized carbons (Fsp3) is 0.500. The molecule has 6 heteroatoms. The number of aliphatic carboxylic acids is 1.